The highest BCUT2D eigenvalue weighted by molar-refractivity contribution is 5.98. The number of nitrogens with zero attached hydrogens (tertiary/aromatic N) is 2. The smallest absolute Gasteiger partial charge is 0.256 e. The summed E-state index contributed by atoms with van der Waals surface area (Å²) in [5.41, 5.74) is 6.56. The van der Waals surface area contributed by atoms with Crippen molar-refractivity contribution in [3.05, 3.63) is 11.8 Å². The number of anilines is 1. The van der Waals surface area contributed by atoms with Crippen LogP contribution in [0, 0.1) is 5.41 Å². The van der Waals surface area contributed by atoms with Gasteiger partial charge in [0.2, 0.25) is 0 Å². The van der Waals surface area contributed by atoms with Gasteiger partial charge in [0.1, 0.15) is 11.4 Å². The molecule has 5 nitrogen and oxygen atoms in total. The number of aromatic nitrogens is 2. The van der Waals surface area contributed by atoms with Crippen LogP contribution in [-0.4, -0.2) is 22.2 Å². The number of nitrogen functional groups attached to an aromatic ring is 1. The molecule has 3 N–H and O–H groups in total. The Labute approximate surface area is 101 Å². The summed E-state index contributed by atoms with van der Waals surface area (Å²) in [6.07, 6.45) is 6.34. The van der Waals surface area contributed by atoms with E-state index in [0.29, 0.717) is 16.8 Å². The molecule has 0 aromatic carbocycles. The van der Waals surface area contributed by atoms with Crippen LogP contribution in [0.4, 0.5) is 5.82 Å². The molecule has 1 aromatic rings. The molecule has 1 aliphatic carbocycles. The molecule has 0 spiro atoms. The average Bonchev–Trinajstić information content (AvgIpc) is 2.59. The van der Waals surface area contributed by atoms with Crippen molar-refractivity contribution in [2.45, 2.75) is 32.6 Å². The second-order valence-electron chi connectivity index (χ2n) is 4.96. The van der Waals surface area contributed by atoms with Crippen LogP contribution in [0.2, 0.25) is 0 Å². The lowest BCUT2D eigenvalue weighted by atomic mass is 9.67. The molecule has 1 heterocycles. The van der Waals surface area contributed by atoms with Crippen molar-refractivity contribution in [3.63, 3.8) is 0 Å². The molecule has 0 aliphatic heterocycles. The second-order valence-corrected chi connectivity index (χ2v) is 4.96. The van der Waals surface area contributed by atoms with E-state index in [-0.39, 0.29) is 5.91 Å². The Morgan fingerprint density at radius 3 is 2.76 bits per heavy atom. The van der Waals surface area contributed by atoms with Gasteiger partial charge in [0, 0.05) is 13.6 Å². The van der Waals surface area contributed by atoms with Crippen LogP contribution in [0.5, 0.6) is 0 Å². The van der Waals surface area contributed by atoms with E-state index in [1.54, 1.807) is 7.05 Å². The van der Waals surface area contributed by atoms with Crippen molar-refractivity contribution < 1.29 is 4.79 Å². The minimum atomic E-state index is -0.115. The van der Waals surface area contributed by atoms with Gasteiger partial charge >= 0.3 is 0 Å². The second kappa shape index (κ2) is 4.39. The van der Waals surface area contributed by atoms with E-state index in [0.717, 1.165) is 13.0 Å². The molecule has 1 amide bonds. The quantitative estimate of drug-likeness (QED) is 0.828. The monoisotopic (exact) mass is 236 g/mol. The molecule has 5 heteroatoms. The predicted octanol–water partition coefficient (Wildman–Crippen LogP) is 1.31. The van der Waals surface area contributed by atoms with Crippen LogP contribution in [0.15, 0.2) is 6.20 Å². The molecular weight excluding hydrogens is 216 g/mol. The van der Waals surface area contributed by atoms with E-state index in [1.807, 2.05) is 0 Å². The molecule has 1 saturated carbocycles. The summed E-state index contributed by atoms with van der Waals surface area (Å²) >= 11 is 0. The first-order chi connectivity index (χ1) is 8.08. The van der Waals surface area contributed by atoms with Crippen LogP contribution in [0.3, 0.4) is 0 Å². The Balaban J connectivity index is 1.96. The van der Waals surface area contributed by atoms with E-state index < -0.39 is 0 Å². The lowest BCUT2D eigenvalue weighted by molar-refractivity contribution is 0.0851. The number of hydrogen-bond acceptors (Lipinski definition) is 3. The highest BCUT2D eigenvalue weighted by Gasteiger charge is 2.35. The van der Waals surface area contributed by atoms with E-state index >= 15 is 0 Å². The van der Waals surface area contributed by atoms with E-state index in [9.17, 15) is 4.79 Å². The summed E-state index contributed by atoms with van der Waals surface area (Å²) in [5.74, 6) is 0.303. The van der Waals surface area contributed by atoms with Crippen LogP contribution in [0.25, 0.3) is 0 Å². The van der Waals surface area contributed by atoms with Gasteiger partial charge in [0.05, 0.1) is 6.20 Å². The van der Waals surface area contributed by atoms with Gasteiger partial charge in [0.15, 0.2) is 0 Å². The zero-order chi connectivity index (χ0) is 12.5. The third-order valence-corrected chi connectivity index (χ3v) is 4.02. The Kier molecular flexibility index (Phi) is 3.09. The third-order valence-electron chi connectivity index (χ3n) is 4.02. The molecule has 17 heavy (non-hydrogen) atoms. The SMILES string of the molecule is CCC1(CNC(=O)c2cnn(C)c2N)CCC1. The van der Waals surface area contributed by atoms with Gasteiger partial charge in [-0.15, -0.1) is 0 Å². The highest BCUT2D eigenvalue weighted by Crippen LogP contribution is 2.43. The van der Waals surface area contributed by atoms with Gasteiger partial charge in [-0.05, 0) is 24.7 Å². The maximum Gasteiger partial charge on any atom is 0.256 e. The third kappa shape index (κ3) is 2.14. The highest BCUT2D eigenvalue weighted by atomic mass is 16.1. The van der Waals surface area contributed by atoms with Crippen molar-refractivity contribution in [1.82, 2.24) is 15.1 Å². The van der Waals surface area contributed by atoms with Gasteiger partial charge < -0.3 is 11.1 Å². The van der Waals surface area contributed by atoms with E-state index in [2.05, 4.69) is 17.3 Å². The Bertz CT molecular complexity index is 415. The number of rotatable bonds is 4. The summed E-state index contributed by atoms with van der Waals surface area (Å²) < 4.78 is 1.51. The maximum absolute atomic E-state index is 11.9. The standard InChI is InChI=1S/C12H20N4O/c1-3-12(5-4-6-12)8-14-11(17)9-7-15-16(2)10(9)13/h7H,3-6,8,13H2,1-2H3,(H,14,17). The first kappa shape index (κ1) is 12.0. The Morgan fingerprint density at radius 2 is 2.35 bits per heavy atom. The van der Waals surface area contributed by atoms with Crippen LogP contribution in [0.1, 0.15) is 43.0 Å². The molecule has 0 unspecified atom stereocenters. The lowest BCUT2D eigenvalue weighted by Gasteiger charge is -2.41. The fraction of sp³-hybridized carbons (Fsp3) is 0.667. The van der Waals surface area contributed by atoms with Gasteiger partial charge in [-0.25, -0.2) is 0 Å². The zero-order valence-electron chi connectivity index (χ0n) is 10.5. The molecule has 2 rings (SSSR count). The Hall–Kier alpha value is -1.52. The predicted molar refractivity (Wildman–Crippen MR) is 66.5 cm³/mol. The summed E-state index contributed by atoms with van der Waals surface area (Å²) in [4.78, 5) is 11.9. The molecule has 1 aliphatic rings. The first-order valence-electron chi connectivity index (χ1n) is 6.14. The van der Waals surface area contributed by atoms with Crippen molar-refractivity contribution in [3.8, 4) is 0 Å². The molecule has 1 fully saturated rings. The number of aryl methyl sites for hydroxylation is 1. The fourth-order valence-corrected chi connectivity index (χ4v) is 2.32. The topological polar surface area (TPSA) is 72.9 Å². The van der Waals surface area contributed by atoms with E-state index in [1.165, 1.54) is 30.1 Å². The fourth-order valence-electron chi connectivity index (χ4n) is 2.32. The van der Waals surface area contributed by atoms with Gasteiger partial charge in [-0.3, -0.25) is 9.48 Å². The number of nitrogens with one attached hydrogen (secondary N) is 1. The van der Waals surface area contributed by atoms with Crippen molar-refractivity contribution >= 4 is 11.7 Å². The first-order valence-corrected chi connectivity index (χ1v) is 6.14. The average molecular weight is 236 g/mol. The van der Waals surface area contributed by atoms with Gasteiger partial charge in [0.25, 0.3) is 5.91 Å². The number of nitrogens with two attached hydrogens (primary N) is 1. The number of hydrogen-bond donors (Lipinski definition) is 2. The Morgan fingerprint density at radius 1 is 1.65 bits per heavy atom. The lowest BCUT2D eigenvalue weighted by Crippen LogP contribution is -2.41. The summed E-state index contributed by atoms with van der Waals surface area (Å²) in [6.45, 7) is 2.93. The molecule has 94 valence electrons. The van der Waals surface area contributed by atoms with Crippen molar-refractivity contribution in [1.29, 1.82) is 0 Å². The minimum absolute atomic E-state index is 0.115. The summed E-state index contributed by atoms with van der Waals surface area (Å²) in [6, 6.07) is 0. The summed E-state index contributed by atoms with van der Waals surface area (Å²) in [5, 5.41) is 6.94. The zero-order valence-corrected chi connectivity index (χ0v) is 10.5. The van der Waals surface area contributed by atoms with Gasteiger partial charge in [-0.1, -0.05) is 13.3 Å². The number of amides is 1. The molecule has 1 aromatic heterocycles. The molecular formula is C12H20N4O. The van der Waals surface area contributed by atoms with Crippen LogP contribution in [-0.2, 0) is 7.05 Å². The molecule has 0 bridgehead atoms. The normalized spacial score (nSPS) is 17.5. The maximum atomic E-state index is 11.9. The van der Waals surface area contributed by atoms with Crippen molar-refractivity contribution in [2.24, 2.45) is 12.5 Å². The van der Waals surface area contributed by atoms with E-state index in [4.69, 9.17) is 5.73 Å². The van der Waals surface area contributed by atoms with Gasteiger partial charge in [-0.2, -0.15) is 5.10 Å². The minimum Gasteiger partial charge on any atom is -0.383 e. The van der Waals surface area contributed by atoms with Crippen molar-refractivity contribution in [2.75, 3.05) is 12.3 Å². The number of carbonyl (C=O) groups is 1. The number of carbonyl (C=O) groups excluding carboxylic acids is 1. The summed E-state index contributed by atoms with van der Waals surface area (Å²) in [7, 11) is 1.73. The largest absolute Gasteiger partial charge is 0.383 e. The van der Waals surface area contributed by atoms with Crippen LogP contribution >= 0.6 is 0 Å². The molecule has 0 radical (unpaired) electrons. The molecule has 0 saturated heterocycles. The van der Waals surface area contributed by atoms with Crippen LogP contribution < -0.4 is 11.1 Å². The molecule has 0 atom stereocenters.